The molecule has 0 spiro atoms. The average Bonchev–Trinajstić information content (AvgIpc) is 2.15. The maximum atomic E-state index is 13.3. The highest BCUT2D eigenvalue weighted by Gasteiger charge is 2.18. The number of anilines is 1. The van der Waals surface area contributed by atoms with Crippen LogP contribution in [0.4, 0.5) is 14.5 Å². The van der Waals surface area contributed by atoms with E-state index in [1.807, 2.05) is 5.92 Å². The van der Waals surface area contributed by atoms with Crippen LogP contribution in [0.5, 0.6) is 0 Å². The Labute approximate surface area is 92.7 Å². The average molecular weight is 245 g/mol. The fourth-order valence-corrected chi connectivity index (χ4v) is 1.57. The van der Waals surface area contributed by atoms with Gasteiger partial charge in [-0.25, -0.2) is 17.2 Å². The Morgan fingerprint density at radius 2 is 1.88 bits per heavy atom. The molecule has 6 heteroatoms. The van der Waals surface area contributed by atoms with Crippen molar-refractivity contribution in [2.75, 3.05) is 17.6 Å². The SMILES string of the molecule is C#Cc1cc(N(C)S(C)(=O)=O)c(F)cc1F. The molecule has 1 rings (SSSR count). The van der Waals surface area contributed by atoms with Gasteiger partial charge in [-0.05, 0) is 6.07 Å². The third-order valence-electron chi connectivity index (χ3n) is 2.03. The van der Waals surface area contributed by atoms with E-state index in [9.17, 15) is 17.2 Å². The second-order valence-corrected chi connectivity index (χ2v) is 5.17. The van der Waals surface area contributed by atoms with E-state index in [2.05, 4.69) is 0 Å². The smallest absolute Gasteiger partial charge is 0.232 e. The van der Waals surface area contributed by atoms with Gasteiger partial charge in [-0.1, -0.05) is 5.92 Å². The first-order valence-electron chi connectivity index (χ1n) is 4.17. The van der Waals surface area contributed by atoms with Crippen LogP contribution in [0.25, 0.3) is 0 Å². The second-order valence-electron chi connectivity index (χ2n) is 3.16. The predicted molar refractivity (Wildman–Crippen MR) is 57.5 cm³/mol. The zero-order valence-electron chi connectivity index (χ0n) is 8.66. The fraction of sp³-hybridized carbons (Fsp3) is 0.200. The van der Waals surface area contributed by atoms with Crippen LogP contribution in [0.2, 0.25) is 0 Å². The van der Waals surface area contributed by atoms with Crippen LogP contribution in [0.15, 0.2) is 12.1 Å². The molecule has 0 amide bonds. The number of terminal acetylenes is 1. The number of hydrogen-bond acceptors (Lipinski definition) is 2. The number of nitrogens with zero attached hydrogens (tertiary/aromatic N) is 1. The lowest BCUT2D eigenvalue weighted by Crippen LogP contribution is -2.26. The first-order chi connectivity index (χ1) is 7.27. The van der Waals surface area contributed by atoms with Crippen molar-refractivity contribution in [2.24, 2.45) is 0 Å². The maximum Gasteiger partial charge on any atom is 0.232 e. The zero-order valence-corrected chi connectivity index (χ0v) is 9.48. The standard InChI is InChI=1S/C10H9F2NO2S/c1-4-7-5-10(9(12)6-8(7)11)13(2)16(3,14)15/h1,5-6H,2-3H3. The van der Waals surface area contributed by atoms with Crippen molar-refractivity contribution in [3.8, 4) is 12.3 Å². The van der Waals surface area contributed by atoms with Crippen LogP contribution >= 0.6 is 0 Å². The van der Waals surface area contributed by atoms with Crippen molar-refractivity contribution < 1.29 is 17.2 Å². The summed E-state index contributed by atoms with van der Waals surface area (Å²) < 4.78 is 49.4. The number of rotatable bonds is 2. The molecular formula is C10H9F2NO2S. The molecule has 1 aromatic carbocycles. The van der Waals surface area contributed by atoms with E-state index in [1.165, 1.54) is 0 Å². The lowest BCUT2D eigenvalue weighted by atomic mass is 10.2. The molecule has 0 radical (unpaired) electrons. The van der Waals surface area contributed by atoms with Gasteiger partial charge in [0.15, 0.2) is 0 Å². The van der Waals surface area contributed by atoms with E-state index in [0.29, 0.717) is 10.4 Å². The molecule has 1 aromatic rings. The number of hydrogen-bond donors (Lipinski definition) is 0. The highest BCUT2D eigenvalue weighted by Crippen LogP contribution is 2.23. The molecule has 0 saturated heterocycles. The van der Waals surface area contributed by atoms with Crippen LogP contribution in [0, 0.1) is 24.0 Å². The van der Waals surface area contributed by atoms with Gasteiger partial charge in [-0.3, -0.25) is 4.31 Å². The summed E-state index contributed by atoms with van der Waals surface area (Å²) in [6, 6.07) is 1.54. The van der Waals surface area contributed by atoms with Crippen molar-refractivity contribution in [1.29, 1.82) is 0 Å². The highest BCUT2D eigenvalue weighted by molar-refractivity contribution is 7.92. The second kappa shape index (κ2) is 4.10. The molecule has 0 N–H and O–H groups in total. The molecule has 3 nitrogen and oxygen atoms in total. The third kappa shape index (κ3) is 2.31. The molecular weight excluding hydrogens is 236 g/mol. The quantitative estimate of drug-likeness (QED) is 0.737. The van der Waals surface area contributed by atoms with E-state index in [-0.39, 0.29) is 11.3 Å². The Balaban J connectivity index is 3.42. The minimum absolute atomic E-state index is 0.188. The monoisotopic (exact) mass is 245 g/mol. The number of sulfonamides is 1. The Hall–Kier alpha value is -1.61. The van der Waals surface area contributed by atoms with Gasteiger partial charge in [-0.15, -0.1) is 6.42 Å². The summed E-state index contributed by atoms with van der Waals surface area (Å²) in [5.41, 5.74) is -0.469. The Bertz CT molecular complexity index is 561. The Morgan fingerprint density at radius 3 is 2.31 bits per heavy atom. The van der Waals surface area contributed by atoms with Gasteiger partial charge in [0.1, 0.15) is 11.6 Å². The van der Waals surface area contributed by atoms with Gasteiger partial charge in [0.05, 0.1) is 17.5 Å². The van der Waals surface area contributed by atoms with Gasteiger partial charge in [0, 0.05) is 13.1 Å². The van der Waals surface area contributed by atoms with Crippen LogP contribution in [-0.2, 0) is 10.0 Å². The molecule has 0 heterocycles. The van der Waals surface area contributed by atoms with Crippen molar-refractivity contribution in [3.63, 3.8) is 0 Å². The van der Waals surface area contributed by atoms with Crippen LogP contribution in [0.3, 0.4) is 0 Å². The van der Waals surface area contributed by atoms with Crippen LogP contribution in [0.1, 0.15) is 5.56 Å². The first kappa shape index (κ1) is 12.5. The maximum absolute atomic E-state index is 13.3. The van der Waals surface area contributed by atoms with Crippen molar-refractivity contribution in [2.45, 2.75) is 0 Å². The van der Waals surface area contributed by atoms with Gasteiger partial charge in [-0.2, -0.15) is 0 Å². The number of benzene rings is 1. The lowest BCUT2D eigenvalue weighted by molar-refractivity contribution is 0.577. The third-order valence-corrected chi connectivity index (χ3v) is 3.22. The normalized spacial score (nSPS) is 10.9. The van der Waals surface area contributed by atoms with Crippen molar-refractivity contribution >= 4 is 15.7 Å². The summed E-state index contributed by atoms with van der Waals surface area (Å²) in [5.74, 6) is 0.126. The summed E-state index contributed by atoms with van der Waals surface area (Å²) in [7, 11) is -2.46. The molecule has 0 aromatic heterocycles. The van der Waals surface area contributed by atoms with Crippen LogP contribution in [-0.4, -0.2) is 21.7 Å². The van der Waals surface area contributed by atoms with Crippen molar-refractivity contribution in [1.82, 2.24) is 0 Å². The van der Waals surface area contributed by atoms with Gasteiger partial charge < -0.3 is 0 Å². The summed E-state index contributed by atoms with van der Waals surface area (Å²) in [6.45, 7) is 0. The molecule has 0 aliphatic heterocycles. The zero-order chi connectivity index (χ0) is 12.5. The van der Waals surface area contributed by atoms with Gasteiger partial charge >= 0.3 is 0 Å². The lowest BCUT2D eigenvalue weighted by Gasteiger charge is -2.17. The predicted octanol–water partition coefficient (Wildman–Crippen LogP) is 1.34. The van der Waals surface area contributed by atoms with Gasteiger partial charge in [0.2, 0.25) is 10.0 Å². The molecule has 0 aliphatic rings. The molecule has 0 fully saturated rings. The van der Waals surface area contributed by atoms with E-state index < -0.39 is 21.7 Å². The van der Waals surface area contributed by atoms with E-state index >= 15 is 0 Å². The summed E-state index contributed by atoms with van der Waals surface area (Å²) in [5, 5.41) is 0. The number of halogens is 2. The largest absolute Gasteiger partial charge is 0.271 e. The highest BCUT2D eigenvalue weighted by atomic mass is 32.2. The van der Waals surface area contributed by atoms with E-state index in [1.54, 1.807) is 0 Å². The Morgan fingerprint density at radius 1 is 1.31 bits per heavy atom. The van der Waals surface area contributed by atoms with E-state index in [0.717, 1.165) is 19.4 Å². The molecule has 0 bridgehead atoms. The minimum Gasteiger partial charge on any atom is -0.271 e. The molecule has 0 aliphatic carbocycles. The fourth-order valence-electron chi connectivity index (χ4n) is 1.07. The molecule has 0 saturated carbocycles. The van der Waals surface area contributed by atoms with Crippen LogP contribution < -0.4 is 4.31 Å². The Kier molecular flexibility index (Phi) is 3.19. The van der Waals surface area contributed by atoms with E-state index in [4.69, 9.17) is 6.42 Å². The summed E-state index contributed by atoms with van der Waals surface area (Å²) in [6.07, 6.45) is 5.91. The first-order valence-corrected chi connectivity index (χ1v) is 6.01. The van der Waals surface area contributed by atoms with Gasteiger partial charge in [0.25, 0.3) is 0 Å². The topological polar surface area (TPSA) is 37.4 Å². The molecule has 86 valence electrons. The van der Waals surface area contributed by atoms with Crippen molar-refractivity contribution in [3.05, 3.63) is 29.3 Å². The summed E-state index contributed by atoms with van der Waals surface area (Å²) >= 11 is 0. The molecule has 16 heavy (non-hydrogen) atoms. The molecule has 0 atom stereocenters. The molecule has 0 unspecified atom stereocenters. The summed E-state index contributed by atoms with van der Waals surface area (Å²) in [4.78, 5) is 0. The minimum atomic E-state index is -3.61.